The lowest BCUT2D eigenvalue weighted by molar-refractivity contribution is 0.151. The van der Waals surface area contributed by atoms with Crippen molar-refractivity contribution < 1.29 is 9.53 Å². The molecule has 1 saturated heterocycles. The van der Waals surface area contributed by atoms with Gasteiger partial charge in [0.1, 0.15) is 6.10 Å². The number of hydrogen-bond acceptors (Lipinski definition) is 2. The van der Waals surface area contributed by atoms with E-state index in [1.165, 1.54) is 0 Å². The standard InChI is InChI=1S/C7H9NO2/c9-7-8-5-3-1-2-4-6(5)10-7/h2,4-6H,1,3H2,(H,8,9)/t5-,6-/m1/s1. The minimum absolute atomic E-state index is 0.00116. The zero-order valence-corrected chi connectivity index (χ0v) is 5.54. The van der Waals surface area contributed by atoms with E-state index in [1.807, 2.05) is 6.08 Å². The molecule has 0 aromatic rings. The molecule has 3 heteroatoms. The van der Waals surface area contributed by atoms with Crippen LogP contribution in [0.1, 0.15) is 12.8 Å². The van der Waals surface area contributed by atoms with Gasteiger partial charge in [-0.15, -0.1) is 0 Å². The number of nitrogens with one attached hydrogen (secondary N) is 1. The highest BCUT2D eigenvalue weighted by molar-refractivity contribution is 5.70. The van der Waals surface area contributed by atoms with Crippen molar-refractivity contribution in [3.63, 3.8) is 0 Å². The van der Waals surface area contributed by atoms with E-state index in [9.17, 15) is 4.79 Å². The Hall–Kier alpha value is -0.990. The highest BCUT2D eigenvalue weighted by atomic mass is 16.6. The first-order chi connectivity index (χ1) is 4.86. The van der Waals surface area contributed by atoms with Crippen LogP contribution in [0.5, 0.6) is 0 Å². The molecule has 0 bridgehead atoms. The molecule has 1 amide bonds. The highest BCUT2D eigenvalue weighted by Gasteiger charge is 2.32. The van der Waals surface area contributed by atoms with E-state index in [0.29, 0.717) is 0 Å². The van der Waals surface area contributed by atoms with Crippen molar-refractivity contribution in [2.75, 3.05) is 0 Å². The van der Waals surface area contributed by atoms with E-state index in [-0.39, 0.29) is 18.2 Å². The minimum Gasteiger partial charge on any atom is -0.440 e. The summed E-state index contributed by atoms with van der Waals surface area (Å²) in [5.41, 5.74) is 0. The topological polar surface area (TPSA) is 38.3 Å². The van der Waals surface area contributed by atoms with Gasteiger partial charge in [-0.05, 0) is 18.9 Å². The van der Waals surface area contributed by atoms with Crippen molar-refractivity contribution in [1.29, 1.82) is 0 Å². The Labute approximate surface area is 59.1 Å². The van der Waals surface area contributed by atoms with Crippen LogP contribution >= 0.6 is 0 Å². The zero-order chi connectivity index (χ0) is 6.97. The van der Waals surface area contributed by atoms with Gasteiger partial charge in [-0.2, -0.15) is 0 Å². The number of carbonyl (C=O) groups is 1. The van der Waals surface area contributed by atoms with Crippen LogP contribution in [0, 0.1) is 0 Å². The first-order valence-electron chi connectivity index (χ1n) is 3.50. The fraction of sp³-hybridized carbons (Fsp3) is 0.571. The number of amides is 1. The highest BCUT2D eigenvalue weighted by Crippen LogP contribution is 2.19. The third kappa shape index (κ3) is 0.781. The molecule has 2 atom stereocenters. The van der Waals surface area contributed by atoms with Crippen molar-refractivity contribution >= 4 is 6.09 Å². The predicted molar refractivity (Wildman–Crippen MR) is 35.6 cm³/mol. The third-order valence-corrected chi connectivity index (χ3v) is 1.91. The fourth-order valence-corrected chi connectivity index (χ4v) is 1.39. The molecule has 0 saturated carbocycles. The third-order valence-electron chi connectivity index (χ3n) is 1.91. The maximum Gasteiger partial charge on any atom is 0.408 e. The van der Waals surface area contributed by atoms with E-state index >= 15 is 0 Å². The Morgan fingerprint density at radius 3 is 3.40 bits per heavy atom. The number of rotatable bonds is 0. The molecular weight excluding hydrogens is 130 g/mol. The van der Waals surface area contributed by atoms with Crippen molar-refractivity contribution in [1.82, 2.24) is 5.32 Å². The van der Waals surface area contributed by atoms with E-state index < -0.39 is 0 Å². The molecule has 0 aromatic heterocycles. The molecule has 0 radical (unpaired) electrons. The number of hydrogen-bond donors (Lipinski definition) is 1. The monoisotopic (exact) mass is 139 g/mol. The average Bonchev–Trinajstić information content (AvgIpc) is 2.27. The van der Waals surface area contributed by atoms with Gasteiger partial charge in [0.25, 0.3) is 0 Å². The van der Waals surface area contributed by atoms with Gasteiger partial charge in [0, 0.05) is 0 Å². The molecule has 1 fully saturated rings. The lowest BCUT2D eigenvalue weighted by Crippen LogP contribution is -2.31. The van der Waals surface area contributed by atoms with Crippen LogP contribution in [0.3, 0.4) is 0 Å². The Balaban J connectivity index is 2.15. The summed E-state index contributed by atoms with van der Waals surface area (Å²) in [4.78, 5) is 10.6. The molecule has 1 N–H and O–H groups in total. The zero-order valence-electron chi connectivity index (χ0n) is 5.54. The van der Waals surface area contributed by atoms with Gasteiger partial charge in [0.15, 0.2) is 0 Å². The average molecular weight is 139 g/mol. The summed E-state index contributed by atoms with van der Waals surface area (Å²) in [7, 11) is 0. The fourth-order valence-electron chi connectivity index (χ4n) is 1.39. The summed E-state index contributed by atoms with van der Waals surface area (Å²) < 4.78 is 4.93. The smallest absolute Gasteiger partial charge is 0.408 e. The van der Waals surface area contributed by atoms with E-state index in [4.69, 9.17) is 4.74 Å². The quantitative estimate of drug-likeness (QED) is 0.504. The van der Waals surface area contributed by atoms with Gasteiger partial charge in [-0.3, -0.25) is 0 Å². The van der Waals surface area contributed by atoms with Crippen molar-refractivity contribution in [3.8, 4) is 0 Å². The van der Waals surface area contributed by atoms with Crippen LogP contribution in [-0.2, 0) is 4.74 Å². The molecule has 2 rings (SSSR count). The van der Waals surface area contributed by atoms with Crippen LogP contribution in [0.15, 0.2) is 12.2 Å². The van der Waals surface area contributed by atoms with Gasteiger partial charge in [-0.1, -0.05) is 6.08 Å². The second kappa shape index (κ2) is 2.01. The largest absolute Gasteiger partial charge is 0.440 e. The Kier molecular flexibility index (Phi) is 1.16. The molecule has 1 heterocycles. The SMILES string of the molecule is O=C1N[C@@H]2CCC=C[C@H]2O1. The number of fused-ring (bicyclic) bond motifs is 1. The Morgan fingerprint density at radius 2 is 2.60 bits per heavy atom. The lowest BCUT2D eigenvalue weighted by atomic mass is 10.0. The van der Waals surface area contributed by atoms with Crippen LogP contribution in [0.2, 0.25) is 0 Å². The number of allylic oxidation sites excluding steroid dienone is 1. The summed E-state index contributed by atoms with van der Waals surface area (Å²) in [6.45, 7) is 0. The van der Waals surface area contributed by atoms with Crippen LogP contribution in [-0.4, -0.2) is 18.2 Å². The molecule has 3 nitrogen and oxygen atoms in total. The first kappa shape index (κ1) is 5.77. The van der Waals surface area contributed by atoms with Crippen molar-refractivity contribution in [2.24, 2.45) is 0 Å². The predicted octanol–water partition coefficient (Wildman–Crippen LogP) is 0.813. The van der Waals surface area contributed by atoms with Crippen LogP contribution in [0.4, 0.5) is 4.79 Å². The molecule has 1 aliphatic carbocycles. The van der Waals surface area contributed by atoms with Gasteiger partial charge in [0.05, 0.1) is 6.04 Å². The molecule has 10 heavy (non-hydrogen) atoms. The molecule has 54 valence electrons. The van der Waals surface area contributed by atoms with E-state index in [1.54, 1.807) is 0 Å². The molecule has 1 aliphatic heterocycles. The Morgan fingerprint density at radius 1 is 1.70 bits per heavy atom. The van der Waals surface area contributed by atoms with Gasteiger partial charge >= 0.3 is 6.09 Å². The van der Waals surface area contributed by atoms with Crippen molar-refractivity contribution in [3.05, 3.63) is 12.2 Å². The first-order valence-corrected chi connectivity index (χ1v) is 3.50. The van der Waals surface area contributed by atoms with E-state index in [0.717, 1.165) is 12.8 Å². The molecule has 2 aliphatic rings. The summed E-state index contributed by atoms with van der Waals surface area (Å²) in [5.74, 6) is 0. The number of carbonyl (C=O) groups excluding carboxylic acids is 1. The molecular formula is C7H9NO2. The summed E-state index contributed by atoms with van der Waals surface area (Å²) in [5, 5.41) is 2.74. The lowest BCUT2D eigenvalue weighted by Gasteiger charge is -2.15. The van der Waals surface area contributed by atoms with Gasteiger partial charge < -0.3 is 10.1 Å². The molecule has 0 aromatic carbocycles. The van der Waals surface area contributed by atoms with Crippen LogP contribution < -0.4 is 5.32 Å². The molecule has 0 spiro atoms. The Bertz CT molecular complexity index is 188. The second-order valence-electron chi connectivity index (χ2n) is 2.63. The maximum atomic E-state index is 10.6. The second-order valence-corrected chi connectivity index (χ2v) is 2.63. The van der Waals surface area contributed by atoms with Gasteiger partial charge in [-0.25, -0.2) is 4.79 Å². The van der Waals surface area contributed by atoms with Crippen molar-refractivity contribution in [2.45, 2.75) is 25.0 Å². The van der Waals surface area contributed by atoms with Crippen LogP contribution in [0.25, 0.3) is 0 Å². The summed E-state index contributed by atoms with van der Waals surface area (Å²) >= 11 is 0. The maximum absolute atomic E-state index is 10.6. The summed E-state index contributed by atoms with van der Waals surface area (Å²) in [6, 6.07) is 0.234. The van der Waals surface area contributed by atoms with Gasteiger partial charge in [0.2, 0.25) is 0 Å². The molecule has 0 unspecified atom stereocenters. The number of ether oxygens (including phenoxy) is 1. The summed E-state index contributed by atoms with van der Waals surface area (Å²) in [6.07, 6.45) is 5.79. The number of alkyl carbamates (subject to hydrolysis) is 1. The normalized spacial score (nSPS) is 36.6. The van der Waals surface area contributed by atoms with E-state index in [2.05, 4.69) is 11.4 Å². The minimum atomic E-state index is -0.276.